The first kappa shape index (κ1) is 14.7. The summed E-state index contributed by atoms with van der Waals surface area (Å²) in [6.45, 7) is 4.46. The molecular formula is C14H19BrN2OS. The number of benzene rings is 1. The lowest BCUT2D eigenvalue weighted by Gasteiger charge is -2.23. The Morgan fingerprint density at radius 3 is 2.89 bits per heavy atom. The standard InChI is InChI=1S/C14H19BrN2OS/c1-9(2)12-6-7-19-14(17-12)16-10-4-5-13(18-3)11(15)8-10/h4-5,8-9,12H,6-7H2,1-3H3,(H,16,17). The van der Waals surface area contributed by atoms with E-state index >= 15 is 0 Å². The molecule has 0 amide bonds. The maximum absolute atomic E-state index is 5.23. The number of hydrogen-bond donors (Lipinski definition) is 1. The van der Waals surface area contributed by atoms with Crippen molar-refractivity contribution in [2.24, 2.45) is 10.9 Å². The Morgan fingerprint density at radius 2 is 2.26 bits per heavy atom. The van der Waals surface area contributed by atoms with Crippen molar-refractivity contribution in [2.75, 3.05) is 18.2 Å². The third kappa shape index (κ3) is 3.89. The highest BCUT2D eigenvalue weighted by Crippen LogP contribution is 2.29. The van der Waals surface area contributed by atoms with E-state index in [9.17, 15) is 0 Å². The predicted molar refractivity (Wildman–Crippen MR) is 87.5 cm³/mol. The lowest BCUT2D eigenvalue weighted by Crippen LogP contribution is -2.23. The van der Waals surface area contributed by atoms with Crippen molar-refractivity contribution in [3.05, 3.63) is 22.7 Å². The molecule has 104 valence electrons. The fourth-order valence-electron chi connectivity index (χ4n) is 1.95. The molecule has 1 aromatic rings. The van der Waals surface area contributed by atoms with E-state index in [1.54, 1.807) is 18.9 Å². The fourth-order valence-corrected chi connectivity index (χ4v) is 3.44. The van der Waals surface area contributed by atoms with E-state index in [0.717, 1.165) is 26.8 Å². The van der Waals surface area contributed by atoms with E-state index in [4.69, 9.17) is 9.73 Å². The highest BCUT2D eigenvalue weighted by atomic mass is 79.9. The molecule has 0 spiro atoms. The Morgan fingerprint density at radius 1 is 1.47 bits per heavy atom. The molecule has 3 nitrogen and oxygen atoms in total. The lowest BCUT2D eigenvalue weighted by atomic mass is 10.0. The van der Waals surface area contributed by atoms with Crippen LogP contribution in [0.5, 0.6) is 5.75 Å². The highest BCUT2D eigenvalue weighted by molar-refractivity contribution is 9.10. The highest BCUT2D eigenvalue weighted by Gasteiger charge is 2.18. The third-order valence-electron chi connectivity index (χ3n) is 3.11. The van der Waals surface area contributed by atoms with Crippen LogP contribution in [0.3, 0.4) is 0 Å². The summed E-state index contributed by atoms with van der Waals surface area (Å²) in [5, 5.41) is 4.40. The summed E-state index contributed by atoms with van der Waals surface area (Å²) in [6, 6.07) is 6.40. The first-order chi connectivity index (χ1) is 9.10. The Bertz CT molecular complexity index is 477. The number of nitrogens with one attached hydrogen (secondary N) is 1. The molecule has 1 N–H and O–H groups in total. The van der Waals surface area contributed by atoms with Gasteiger partial charge in [-0.05, 0) is 46.5 Å². The van der Waals surface area contributed by atoms with Crippen molar-refractivity contribution >= 4 is 38.5 Å². The van der Waals surface area contributed by atoms with E-state index in [1.807, 2.05) is 18.2 Å². The van der Waals surface area contributed by atoms with Crippen LogP contribution in [0, 0.1) is 5.92 Å². The quantitative estimate of drug-likeness (QED) is 0.884. The lowest BCUT2D eigenvalue weighted by molar-refractivity contribution is 0.412. The average Bonchev–Trinajstić information content (AvgIpc) is 2.39. The largest absolute Gasteiger partial charge is 0.496 e. The molecule has 5 heteroatoms. The molecular weight excluding hydrogens is 324 g/mol. The van der Waals surface area contributed by atoms with Crippen molar-refractivity contribution in [1.29, 1.82) is 0 Å². The number of rotatable bonds is 3. The Hall–Kier alpha value is -0.680. The van der Waals surface area contributed by atoms with Gasteiger partial charge in [0.05, 0.1) is 17.6 Å². The van der Waals surface area contributed by atoms with Crippen LogP contribution in [0.15, 0.2) is 27.7 Å². The molecule has 0 saturated heterocycles. The van der Waals surface area contributed by atoms with Gasteiger partial charge in [0.25, 0.3) is 0 Å². The molecule has 2 rings (SSSR count). The normalized spacial score (nSPS) is 19.2. The van der Waals surface area contributed by atoms with Gasteiger partial charge in [-0.15, -0.1) is 0 Å². The molecule has 0 aromatic heterocycles. The third-order valence-corrected chi connectivity index (χ3v) is 4.65. The van der Waals surface area contributed by atoms with Gasteiger partial charge in [0.2, 0.25) is 0 Å². The van der Waals surface area contributed by atoms with Gasteiger partial charge in [0.1, 0.15) is 5.75 Å². The number of ether oxygens (including phenoxy) is 1. The van der Waals surface area contributed by atoms with Gasteiger partial charge in [0, 0.05) is 11.4 Å². The van der Waals surface area contributed by atoms with Gasteiger partial charge >= 0.3 is 0 Å². The second-order valence-corrected chi connectivity index (χ2v) is 6.80. The summed E-state index contributed by atoms with van der Waals surface area (Å²) in [6.07, 6.45) is 1.17. The minimum absolute atomic E-state index is 0.436. The molecule has 0 bridgehead atoms. The molecule has 1 aromatic carbocycles. The van der Waals surface area contributed by atoms with Gasteiger partial charge in [-0.1, -0.05) is 25.6 Å². The Kier molecular flexibility index (Phi) is 5.16. The van der Waals surface area contributed by atoms with Gasteiger partial charge in [-0.3, -0.25) is 4.99 Å². The summed E-state index contributed by atoms with van der Waals surface area (Å²) in [5.41, 5.74) is 1.03. The molecule has 0 fully saturated rings. The smallest absolute Gasteiger partial charge is 0.161 e. The van der Waals surface area contributed by atoms with E-state index in [2.05, 4.69) is 35.1 Å². The van der Waals surface area contributed by atoms with E-state index < -0.39 is 0 Å². The molecule has 1 aliphatic heterocycles. The number of nitrogens with zero attached hydrogens (tertiary/aromatic N) is 1. The zero-order chi connectivity index (χ0) is 13.8. The molecule has 1 aliphatic rings. The monoisotopic (exact) mass is 342 g/mol. The van der Waals surface area contributed by atoms with Crippen LogP contribution in [-0.2, 0) is 0 Å². The predicted octanol–water partition coefficient (Wildman–Crippen LogP) is 4.39. The molecule has 1 atom stereocenters. The minimum Gasteiger partial charge on any atom is -0.496 e. The minimum atomic E-state index is 0.436. The van der Waals surface area contributed by atoms with Gasteiger partial charge < -0.3 is 10.1 Å². The molecule has 1 heterocycles. The second-order valence-electron chi connectivity index (χ2n) is 4.86. The summed E-state index contributed by atoms with van der Waals surface area (Å²) >= 11 is 5.28. The maximum Gasteiger partial charge on any atom is 0.161 e. The number of aliphatic imine (C=N–C) groups is 1. The number of anilines is 1. The zero-order valence-electron chi connectivity index (χ0n) is 11.4. The van der Waals surface area contributed by atoms with Crippen LogP contribution >= 0.6 is 27.7 Å². The second kappa shape index (κ2) is 6.66. The van der Waals surface area contributed by atoms with Crippen molar-refractivity contribution in [1.82, 2.24) is 0 Å². The molecule has 0 aliphatic carbocycles. The number of methoxy groups -OCH3 is 1. The number of halogens is 1. The topological polar surface area (TPSA) is 33.6 Å². The number of thioether (sulfide) groups is 1. The molecule has 19 heavy (non-hydrogen) atoms. The van der Waals surface area contributed by atoms with Crippen molar-refractivity contribution in [2.45, 2.75) is 26.3 Å². The van der Waals surface area contributed by atoms with Gasteiger partial charge in [-0.2, -0.15) is 0 Å². The maximum atomic E-state index is 5.23. The average molecular weight is 343 g/mol. The summed E-state index contributed by atoms with van der Waals surface area (Å²) in [5.74, 6) is 2.57. The van der Waals surface area contributed by atoms with Crippen LogP contribution in [-0.4, -0.2) is 24.1 Å². The first-order valence-electron chi connectivity index (χ1n) is 6.41. The molecule has 0 radical (unpaired) electrons. The van der Waals surface area contributed by atoms with E-state index in [1.165, 1.54) is 6.42 Å². The van der Waals surface area contributed by atoms with Crippen molar-refractivity contribution < 1.29 is 4.74 Å². The van der Waals surface area contributed by atoms with Crippen molar-refractivity contribution in [3.63, 3.8) is 0 Å². The fraction of sp³-hybridized carbons (Fsp3) is 0.500. The number of amidine groups is 1. The SMILES string of the molecule is COc1ccc(NC2=NC(C(C)C)CCS2)cc1Br. The molecule has 0 saturated carbocycles. The van der Waals surface area contributed by atoms with Crippen LogP contribution in [0.2, 0.25) is 0 Å². The van der Waals surface area contributed by atoms with Gasteiger partial charge in [0.15, 0.2) is 5.17 Å². The zero-order valence-corrected chi connectivity index (χ0v) is 13.8. The van der Waals surface area contributed by atoms with E-state index in [-0.39, 0.29) is 0 Å². The molecule has 1 unspecified atom stereocenters. The summed E-state index contributed by atoms with van der Waals surface area (Å²) < 4.78 is 6.17. The van der Waals surface area contributed by atoms with Crippen molar-refractivity contribution in [3.8, 4) is 5.75 Å². The number of hydrogen-bond acceptors (Lipinski definition) is 4. The van der Waals surface area contributed by atoms with Crippen LogP contribution < -0.4 is 10.1 Å². The Balaban J connectivity index is 2.10. The van der Waals surface area contributed by atoms with Crippen LogP contribution in [0.4, 0.5) is 5.69 Å². The van der Waals surface area contributed by atoms with Crippen LogP contribution in [0.1, 0.15) is 20.3 Å². The van der Waals surface area contributed by atoms with Gasteiger partial charge in [-0.25, -0.2) is 0 Å². The summed E-state index contributed by atoms with van der Waals surface area (Å²) in [7, 11) is 1.67. The Labute approximate surface area is 127 Å². The summed E-state index contributed by atoms with van der Waals surface area (Å²) in [4.78, 5) is 4.77. The van der Waals surface area contributed by atoms with E-state index in [0.29, 0.717) is 12.0 Å². The van der Waals surface area contributed by atoms with Crippen LogP contribution in [0.25, 0.3) is 0 Å². The first-order valence-corrected chi connectivity index (χ1v) is 8.19.